The summed E-state index contributed by atoms with van der Waals surface area (Å²) in [4.78, 5) is 43.3. The number of aliphatic hydroxyl groups is 1. The zero-order valence-corrected chi connectivity index (χ0v) is 36.9. The van der Waals surface area contributed by atoms with E-state index in [4.69, 9.17) is 23.4 Å². The van der Waals surface area contributed by atoms with Crippen molar-refractivity contribution < 1.29 is 38.1 Å². The Kier molecular flexibility index (Phi) is 12.2. The minimum Gasteiger partial charge on any atom is -0.482 e. The van der Waals surface area contributed by atoms with Crippen molar-refractivity contribution in [2.45, 2.75) is 108 Å². The summed E-state index contributed by atoms with van der Waals surface area (Å²) in [5.74, 6) is 5.85. The highest BCUT2D eigenvalue weighted by molar-refractivity contribution is 5.90. The minimum atomic E-state index is -1.30. The van der Waals surface area contributed by atoms with E-state index in [1.165, 1.54) is 23.8 Å². The molecule has 5 aromatic rings. The second-order valence-electron chi connectivity index (χ2n) is 18.1. The van der Waals surface area contributed by atoms with E-state index in [1.807, 2.05) is 26.8 Å². The Hall–Kier alpha value is -6.21. The summed E-state index contributed by atoms with van der Waals surface area (Å²) in [5.41, 5.74) is 7.34. The molecule has 9 nitrogen and oxygen atoms in total. The van der Waals surface area contributed by atoms with Gasteiger partial charge in [-0.15, -0.1) is 0 Å². The van der Waals surface area contributed by atoms with Crippen LogP contribution in [0.15, 0.2) is 117 Å². The topological polar surface area (TPSA) is 122 Å². The number of hydrogen-bond acceptors (Lipinski definition) is 9. The lowest BCUT2D eigenvalue weighted by molar-refractivity contribution is -0.190. The first-order chi connectivity index (χ1) is 31.0. The van der Waals surface area contributed by atoms with Crippen LogP contribution >= 0.6 is 0 Å². The smallest absolute Gasteiger partial charge is 0.339 e. The van der Waals surface area contributed by atoms with Gasteiger partial charge in [0.05, 0.1) is 25.2 Å². The van der Waals surface area contributed by atoms with Gasteiger partial charge in [-0.25, -0.2) is 9.59 Å². The normalized spacial score (nSPS) is 24.0. The van der Waals surface area contributed by atoms with Crippen LogP contribution in [-0.4, -0.2) is 42.5 Å². The molecule has 0 spiro atoms. The van der Waals surface area contributed by atoms with Crippen molar-refractivity contribution in [1.82, 2.24) is 0 Å². The summed E-state index contributed by atoms with van der Waals surface area (Å²) in [6, 6.07) is 29.2. The summed E-state index contributed by atoms with van der Waals surface area (Å²) in [5, 5.41) is 11.2. The Bertz CT molecular complexity index is 2800. The van der Waals surface area contributed by atoms with Crippen LogP contribution in [0.3, 0.4) is 0 Å². The summed E-state index contributed by atoms with van der Waals surface area (Å²) in [7, 11) is 1.54. The molecule has 0 radical (unpaired) electrons. The van der Waals surface area contributed by atoms with Crippen molar-refractivity contribution >= 4 is 22.9 Å². The largest absolute Gasteiger partial charge is 0.482 e. The van der Waals surface area contributed by atoms with Crippen LogP contribution in [0.4, 0.5) is 0 Å². The number of methoxy groups -OCH3 is 1. The van der Waals surface area contributed by atoms with Crippen LogP contribution in [0, 0.1) is 17.8 Å². The van der Waals surface area contributed by atoms with E-state index in [2.05, 4.69) is 90.7 Å². The van der Waals surface area contributed by atoms with Crippen LogP contribution in [0.2, 0.25) is 0 Å². The highest BCUT2D eigenvalue weighted by Gasteiger charge is 2.53. The van der Waals surface area contributed by atoms with Crippen molar-refractivity contribution in [1.29, 1.82) is 0 Å². The highest BCUT2D eigenvalue weighted by atomic mass is 16.6. The Labute approximate surface area is 374 Å². The monoisotopic (exact) mass is 858 g/mol. The summed E-state index contributed by atoms with van der Waals surface area (Å²) in [6.07, 6.45) is 5.52. The number of benzene rings is 4. The lowest BCUT2D eigenvalue weighted by Gasteiger charge is -2.45. The van der Waals surface area contributed by atoms with Gasteiger partial charge in [0.1, 0.15) is 11.3 Å². The van der Waals surface area contributed by atoms with E-state index in [-0.39, 0.29) is 60.3 Å². The molecule has 0 fully saturated rings. The molecule has 5 bridgehead atoms. The number of allylic oxidation sites excluding steroid dienone is 3. The molecule has 9 heteroatoms. The van der Waals surface area contributed by atoms with Gasteiger partial charge in [-0.1, -0.05) is 102 Å². The van der Waals surface area contributed by atoms with Gasteiger partial charge in [-0.3, -0.25) is 4.79 Å². The molecule has 4 aromatic carbocycles. The number of carbonyl (C=O) groups excluding carboxylic acids is 2. The van der Waals surface area contributed by atoms with E-state index in [1.54, 1.807) is 12.1 Å². The number of rotatable bonds is 7. The van der Waals surface area contributed by atoms with Gasteiger partial charge in [0.15, 0.2) is 17.8 Å². The molecule has 1 N–H and O–H groups in total. The van der Waals surface area contributed by atoms with Crippen LogP contribution < -0.4 is 10.4 Å². The maximum atomic E-state index is 15.0. The lowest BCUT2D eigenvalue weighted by Crippen LogP contribution is -2.54. The average molecular weight is 859 g/mol. The zero-order valence-electron chi connectivity index (χ0n) is 36.9. The molecular weight excluding hydrogens is 805 g/mol. The fourth-order valence-corrected chi connectivity index (χ4v) is 10.2. The number of aryl methyl sites for hydroxylation is 1. The molecule has 6 atom stereocenters. The predicted octanol–water partition coefficient (Wildman–Crippen LogP) is 9.48. The maximum Gasteiger partial charge on any atom is 0.339 e. The number of ether oxygens (including phenoxy) is 4. The molecule has 9 rings (SSSR count). The molecule has 0 saturated carbocycles. The van der Waals surface area contributed by atoms with Crippen molar-refractivity contribution in [3.05, 3.63) is 169 Å². The first-order valence-electron chi connectivity index (χ1n) is 22.4. The molecule has 1 aliphatic carbocycles. The fourth-order valence-electron chi connectivity index (χ4n) is 10.2. The summed E-state index contributed by atoms with van der Waals surface area (Å²) in [6.45, 7) is 5.40. The fraction of sp³-hybridized carbons (Fsp3) is 0.364. The van der Waals surface area contributed by atoms with Crippen molar-refractivity contribution in [3.63, 3.8) is 0 Å². The van der Waals surface area contributed by atoms with Crippen molar-refractivity contribution in [2.75, 3.05) is 13.7 Å². The third-order valence-corrected chi connectivity index (χ3v) is 13.6. The molecule has 0 amide bonds. The highest BCUT2D eigenvalue weighted by Crippen LogP contribution is 2.50. The quantitative estimate of drug-likeness (QED) is 0.0561. The first-order valence-corrected chi connectivity index (χ1v) is 22.4. The van der Waals surface area contributed by atoms with E-state index < -0.39 is 42.0 Å². The van der Waals surface area contributed by atoms with Crippen LogP contribution in [0.5, 0.6) is 5.75 Å². The van der Waals surface area contributed by atoms with E-state index >= 15 is 0 Å². The molecule has 3 aliphatic heterocycles. The molecule has 1 aromatic heterocycles. The molecule has 328 valence electrons. The zero-order chi connectivity index (χ0) is 44.5. The molecule has 4 heterocycles. The van der Waals surface area contributed by atoms with Gasteiger partial charge in [-0.2, -0.15) is 0 Å². The third-order valence-electron chi connectivity index (χ3n) is 13.6. The predicted molar refractivity (Wildman–Crippen MR) is 244 cm³/mol. The van der Waals surface area contributed by atoms with Gasteiger partial charge in [0.25, 0.3) is 0 Å². The van der Waals surface area contributed by atoms with Gasteiger partial charge in [0, 0.05) is 54.7 Å². The average Bonchev–Trinajstić information content (AvgIpc) is 3.28. The van der Waals surface area contributed by atoms with Gasteiger partial charge in [0.2, 0.25) is 0 Å². The maximum absolute atomic E-state index is 15.0. The Morgan fingerprint density at radius 3 is 2.52 bits per heavy atom. The number of aliphatic hydroxyl groups excluding tert-OH is 1. The number of hydrogen-bond donors (Lipinski definition) is 1. The summed E-state index contributed by atoms with van der Waals surface area (Å²) < 4.78 is 31.5. The molecule has 64 heavy (non-hydrogen) atoms. The third kappa shape index (κ3) is 8.45. The Morgan fingerprint density at radius 2 is 1.72 bits per heavy atom. The molecule has 6 unspecified atom stereocenters. The molecule has 4 aliphatic rings. The SMILES string of the molecule is COCCc1c(CO)c2ccc3c(c2oc1=O)C1OC(=O)CC2CC(c4cccc(Cc5ccccc5)c4)C=CC2c2ccc4cc2CC#CCC(C)(O3)C1OC(=O)C(=C(C)C)CC4. The number of carbonyl (C=O) groups is 2. The van der Waals surface area contributed by atoms with Crippen LogP contribution in [-0.2, 0) is 56.1 Å². The number of fused-ring (bicyclic) bond motifs is 9. The van der Waals surface area contributed by atoms with Gasteiger partial charge < -0.3 is 28.5 Å². The first kappa shape index (κ1) is 43.1. The van der Waals surface area contributed by atoms with Gasteiger partial charge >= 0.3 is 17.6 Å². The molecular formula is C55H54O9. The summed E-state index contributed by atoms with van der Waals surface area (Å²) >= 11 is 0. The Morgan fingerprint density at radius 1 is 0.891 bits per heavy atom. The second-order valence-corrected chi connectivity index (χ2v) is 18.1. The standard InChI is InChI=1S/C55H54O9/c1-33(2)41-19-16-35-17-20-42-39(28-35)14-8-9-25-55(3)52(63-53(41)58)51(49-47(64-55)23-22-44-46(32-56)45(24-26-60-4)54(59)62-50(44)49)61-48(57)31-40-30-38(18-21-43(40)42)37-15-10-13-36(29-37)27-34-11-6-5-7-12-34/h5-7,10-13,15,17-18,20-23,28-29,38,40,43,51-52,56H,14,16,19,24-27,30-32H2,1-4H3. The van der Waals surface area contributed by atoms with Crippen LogP contribution in [0.25, 0.3) is 11.0 Å². The van der Waals surface area contributed by atoms with Crippen molar-refractivity contribution in [2.24, 2.45) is 5.92 Å². The van der Waals surface area contributed by atoms with E-state index in [0.29, 0.717) is 48.0 Å². The second kappa shape index (κ2) is 18.1. The molecule has 0 saturated heterocycles. The Balaban J connectivity index is 1.20. The van der Waals surface area contributed by atoms with Gasteiger partial charge in [-0.05, 0) is 103 Å². The van der Waals surface area contributed by atoms with E-state index in [9.17, 15) is 19.5 Å². The lowest BCUT2D eigenvalue weighted by atomic mass is 9.71. The minimum absolute atomic E-state index is 0.0440. The van der Waals surface area contributed by atoms with Crippen molar-refractivity contribution in [3.8, 4) is 17.6 Å². The number of esters is 2. The van der Waals surface area contributed by atoms with E-state index in [0.717, 1.165) is 28.7 Å². The van der Waals surface area contributed by atoms with Crippen LogP contribution in [0.1, 0.15) is 114 Å².